The summed E-state index contributed by atoms with van der Waals surface area (Å²) in [6.45, 7) is 0. The maximum atomic E-state index is 6.36. The van der Waals surface area contributed by atoms with Gasteiger partial charge in [0.05, 0.1) is 11.0 Å². The molecule has 0 aliphatic carbocycles. The molecule has 0 fully saturated rings. The summed E-state index contributed by atoms with van der Waals surface area (Å²) in [5.74, 6) is 1.83. The van der Waals surface area contributed by atoms with Gasteiger partial charge in [0.15, 0.2) is 0 Å². The van der Waals surface area contributed by atoms with Crippen LogP contribution in [-0.2, 0) is 0 Å². The molecule has 9 rings (SSSR count). The third-order valence-electron chi connectivity index (χ3n) is 8.36. The van der Waals surface area contributed by atoms with Gasteiger partial charge >= 0.3 is 0 Å². The minimum Gasteiger partial charge on any atom is -0.456 e. The van der Waals surface area contributed by atoms with Crippen LogP contribution in [0, 0.1) is 0 Å². The standard InChI is InChI=1S/C38H23NO/c1-2-11-28(12-3-1)39-33-20-17-24-8-4-5-13-29(24)38(33)31-19-16-27(23-34(31)39)26-18-21-35-32(22-26)30-14-6-9-25-10-7-15-36(40-35)37(25)30/h1-23H. The van der Waals surface area contributed by atoms with Crippen LogP contribution in [0.4, 0.5) is 0 Å². The second-order valence-electron chi connectivity index (χ2n) is 10.6. The zero-order valence-electron chi connectivity index (χ0n) is 21.6. The van der Waals surface area contributed by atoms with Gasteiger partial charge < -0.3 is 9.30 Å². The fourth-order valence-electron chi connectivity index (χ4n) is 6.57. The van der Waals surface area contributed by atoms with Crippen molar-refractivity contribution in [1.82, 2.24) is 4.57 Å². The maximum absolute atomic E-state index is 6.36. The highest BCUT2D eigenvalue weighted by Gasteiger charge is 2.21. The van der Waals surface area contributed by atoms with Crippen molar-refractivity contribution in [3.63, 3.8) is 0 Å². The van der Waals surface area contributed by atoms with E-state index in [-0.39, 0.29) is 0 Å². The molecule has 0 radical (unpaired) electrons. The SMILES string of the molecule is c1ccc(-n2c3cc(-c4ccc5c(c4)-c4cccc6cccc(c46)O5)ccc3c3c4ccccc4ccc32)cc1. The van der Waals surface area contributed by atoms with Gasteiger partial charge in [-0.25, -0.2) is 0 Å². The van der Waals surface area contributed by atoms with Gasteiger partial charge in [-0.3, -0.25) is 0 Å². The van der Waals surface area contributed by atoms with E-state index in [2.05, 4.69) is 144 Å². The van der Waals surface area contributed by atoms with Crippen LogP contribution in [-0.4, -0.2) is 4.57 Å². The van der Waals surface area contributed by atoms with Crippen LogP contribution >= 0.6 is 0 Å². The fraction of sp³-hybridized carbons (Fsp3) is 0. The lowest BCUT2D eigenvalue weighted by Gasteiger charge is -2.22. The van der Waals surface area contributed by atoms with Crippen molar-refractivity contribution >= 4 is 43.4 Å². The molecule has 1 aliphatic heterocycles. The quantitative estimate of drug-likeness (QED) is 0.226. The van der Waals surface area contributed by atoms with Crippen LogP contribution < -0.4 is 4.74 Å². The van der Waals surface area contributed by atoms with Crippen molar-refractivity contribution in [2.45, 2.75) is 0 Å². The highest BCUT2D eigenvalue weighted by molar-refractivity contribution is 6.21. The average Bonchev–Trinajstić information content (AvgIpc) is 3.36. The number of benzene rings is 7. The summed E-state index contributed by atoms with van der Waals surface area (Å²) in [5.41, 5.74) is 8.31. The van der Waals surface area contributed by atoms with E-state index in [0.717, 1.165) is 22.7 Å². The minimum absolute atomic E-state index is 0.904. The van der Waals surface area contributed by atoms with Crippen LogP contribution in [0.1, 0.15) is 0 Å². The molecule has 8 aromatic rings. The zero-order valence-corrected chi connectivity index (χ0v) is 21.6. The van der Waals surface area contributed by atoms with Crippen molar-refractivity contribution in [3.05, 3.63) is 140 Å². The molecule has 2 heterocycles. The van der Waals surface area contributed by atoms with Gasteiger partial charge in [0.25, 0.3) is 0 Å². The molecule has 0 atom stereocenters. The van der Waals surface area contributed by atoms with E-state index in [1.807, 2.05) is 0 Å². The first-order valence-electron chi connectivity index (χ1n) is 13.7. The van der Waals surface area contributed by atoms with Crippen LogP contribution in [0.5, 0.6) is 11.5 Å². The monoisotopic (exact) mass is 509 g/mol. The molecular weight excluding hydrogens is 486 g/mol. The van der Waals surface area contributed by atoms with Gasteiger partial charge in [0, 0.05) is 27.4 Å². The summed E-state index contributed by atoms with van der Waals surface area (Å²) >= 11 is 0. The van der Waals surface area contributed by atoms with Crippen molar-refractivity contribution in [1.29, 1.82) is 0 Å². The van der Waals surface area contributed by atoms with Crippen LogP contribution in [0.25, 0.3) is 71.3 Å². The fourth-order valence-corrected chi connectivity index (χ4v) is 6.57. The third-order valence-corrected chi connectivity index (χ3v) is 8.36. The number of hydrogen-bond donors (Lipinski definition) is 0. The van der Waals surface area contributed by atoms with Crippen LogP contribution in [0.15, 0.2) is 140 Å². The summed E-state index contributed by atoms with van der Waals surface area (Å²) in [5, 5.41) is 7.48. The lowest BCUT2D eigenvalue weighted by atomic mass is 9.92. The van der Waals surface area contributed by atoms with Gasteiger partial charge in [0.2, 0.25) is 0 Å². The zero-order chi connectivity index (χ0) is 26.2. The molecule has 0 saturated heterocycles. The van der Waals surface area contributed by atoms with Gasteiger partial charge in [0.1, 0.15) is 11.5 Å². The molecule has 7 aromatic carbocycles. The number of ether oxygens (including phenoxy) is 1. The molecule has 40 heavy (non-hydrogen) atoms. The second-order valence-corrected chi connectivity index (χ2v) is 10.6. The van der Waals surface area contributed by atoms with E-state index in [9.17, 15) is 0 Å². The van der Waals surface area contributed by atoms with Crippen LogP contribution in [0.3, 0.4) is 0 Å². The Morgan fingerprint density at radius 3 is 2.12 bits per heavy atom. The Morgan fingerprint density at radius 1 is 0.425 bits per heavy atom. The van der Waals surface area contributed by atoms with E-state index in [1.165, 1.54) is 60.0 Å². The first-order valence-corrected chi connectivity index (χ1v) is 13.7. The largest absolute Gasteiger partial charge is 0.456 e. The molecule has 1 aromatic heterocycles. The molecule has 2 heteroatoms. The normalized spacial score (nSPS) is 12.2. The van der Waals surface area contributed by atoms with Crippen molar-refractivity contribution in [3.8, 4) is 39.4 Å². The van der Waals surface area contributed by atoms with Gasteiger partial charge in [-0.2, -0.15) is 0 Å². The van der Waals surface area contributed by atoms with E-state index >= 15 is 0 Å². The summed E-state index contributed by atoms with van der Waals surface area (Å²) in [6.07, 6.45) is 0. The number of nitrogens with zero attached hydrogens (tertiary/aromatic N) is 1. The van der Waals surface area contributed by atoms with E-state index in [1.54, 1.807) is 0 Å². The number of aromatic nitrogens is 1. The molecule has 0 saturated carbocycles. The number of fused-ring (bicyclic) bond motifs is 7. The van der Waals surface area contributed by atoms with Crippen molar-refractivity contribution in [2.24, 2.45) is 0 Å². The smallest absolute Gasteiger partial charge is 0.135 e. The molecule has 0 bridgehead atoms. The lowest BCUT2D eigenvalue weighted by Crippen LogP contribution is -1.97. The number of para-hydroxylation sites is 1. The van der Waals surface area contributed by atoms with E-state index in [0.29, 0.717) is 0 Å². The number of rotatable bonds is 2. The second kappa shape index (κ2) is 8.08. The Hall–Kier alpha value is -5.34. The Labute approximate surface area is 231 Å². The third kappa shape index (κ3) is 2.99. The lowest BCUT2D eigenvalue weighted by molar-refractivity contribution is 0.487. The summed E-state index contributed by atoms with van der Waals surface area (Å²) in [6, 6.07) is 50.1. The Bertz CT molecular complexity index is 2290. The molecule has 0 unspecified atom stereocenters. The average molecular weight is 510 g/mol. The highest BCUT2D eigenvalue weighted by Crippen LogP contribution is 2.48. The Balaban J connectivity index is 1.31. The van der Waals surface area contributed by atoms with Crippen LogP contribution in [0.2, 0.25) is 0 Å². The van der Waals surface area contributed by atoms with Crippen molar-refractivity contribution < 1.29 is 4.74 Å². The predicted octanol–water partition coefficient (Wildman–Crippen LogP) is 10.5. The molecule has 0 spiro atoms. The summed E-state index contributed by atoms with van der Waals surface area (Å²) in [4.78, 5) is 0. The first kappa shape index (κ1) is 21.6. The minimum atomic E-state index is 0.904. The van der Waals surface area contributed by atoms with Crippen molar-refractivity contribution in [2.75, 3.05) is 0 Å². The molecular formula is C38H23NO. The molecule has 2 nitrogen and oxygen atoms in total. The van der Waals surface area contributed by atoms with Gasteiger partial charge in [-0.05, 0) is 75.3 Å². The maximum Gasteiger partial charge on any atom is 0.135 e. The Kier molecular flexibility index (Phi) is 4.36. The molecule has 1 aliphatic rings. The van der Waals surface area contributed by atoms with Gasteiger partial charge in [-0.15, -0.1) is 0 Å². The topological polar surface area (TPSA) is 14.2 Å². The van der Waals surface area contributed by atoms with E-state index < -0.39 is 0 Å². The summed E-state index contributed by atoms with van der Waals surface area (Å²) < 4.78 is 8.77. The van der Waals surface area contributed by atoms with Gasteiger partial charge in [-0.1, -0.05) is 97.1 Å². The molecule has 186 valence electrons. The molecule has 0 amide bonds. The Morgan fingerprint density at radius 2 is 1.20 bits per heavy atom. The number of hydrogen-bond acceptors (Lipinski definition) is 1. The van der Waals surface area contributed by atoms with E-state index in [4.69, 9.17) is 4.74 Å². The predicted molar refractivity (Wildman–Crippen MR) is 167 cm³/mol. The molecule has 0 N–H and O–H groups in total. The highest BCUT2D eigenvalue weighted by atomic mass is 16.5. The first-order chi connectivity index (χ1) is 19.8. The summed E-state index contributed by atoms with van der Waals surface area (Å²) in [7, 11) is 0.